The van der Waals surface area contributed by atoms with E-state index in [0.717, 1.165) is 30.9 Å². The van der Waals surface area contributed by atoms with Crippen LogP contribution in [0.4, 0.5) is 16.2 Å². The highest BCUT2D eigenvalue weighted by atomic mass is 16.6. The maximum atomic E-state index is 12.0. The minimum absolute atomic E-state index is 0.218. The molecule has 1 amide bonds. The molecule has 2 N–H and O–H groups in total. The number of anilines is 2. The Labute approximate surface area is 137 Å². The normalized spacial score (nSPS) is 18.2. The third-order valence-electron chi connectivity index (χ3n) is 3.38. The van der Waals surface area contributed by atoms with E-state index >= 15 is 0 Å². The fourth-order valence-electron chi connectivity index (χ4n) is 2.37. The number of hydrogen-bond donors (Lipinski definition) is 2. The number of rotatable bonds is 4. The second-order valence-corrected chi connectivity index (χ2v) is 6.60. The predicted molar refractivity (Wildman–Crippen MR) is 90.3 cm³/mol. The molecule has 0 aliphatic carbocycles. The van der Waals surface area contributed by atoms with E-state index in [0.29, 0.717) is 12.3 Å². The van der Waals surface area contributed by atoms with Gasteiger partial charge in [0.2, 0.25) is 0 Å². The quantitative estimate of drug-likeness (QED) is 0.886. The lowest BCUT2D eigenvalue weighted by atomic mass is 10.1. The third kappa shape index (κ3) is 5.63. The molecular weight excluding hydrogens is 296 g/mol. The van der Waals surface area contributed by atoms with E-state index in [-0.39, 0.29) is 6.04 Å². The molecule has 128 valence electrons. The standard InChI is InChI=1S/C17H26N2O4/c1-17(2,3)23-16(20)19-14-8-7-13(21-4)10-15(14)18-12-6-5-9-22-11-12/h7-8,10,12,18H,5-6,9,11H2,1-4H3,(H,19,20). The van der Waals surface area contributed by atoms with Gasteiger partial charge in [-0.05, 0) is 45.7 Å². The van der Waals surface area contributed by atoms with Gasteiger partial charge in [-0.25, -0.2) is 4.79 Å². The van der Waals surface area contributed by atoms with Crippen LogP contribution in [0.2, 0.25) is 0 Å². The number of ether oxygens (including phenoxy) is 3. The molecule has 1 atom stereocenters. The van der Waals surface area contributed by atoms with Crippen molar-refractivity contribution >= 4 is 17.5 Å². The largest absolute Gasteiger partial charge is 0.497 e. The maximum Gasteiger partial charge on any atom is 0.412 e. The molecule has 23 heavy (non-hydrogen) atoms. The number of nitrogens with one attached hydrogen (secondary N) is 2. The molecule has 1 unspecified atom stereocenters. The van der Waals surface area contributed by atoms with Crippen molar-refractivity contribution in [1.29, 1.82) is 0 Å². The summed E-state index contributed by atoms with van der Waals surface area (Å²) in [4.78, 5) is 12.0. The van der Waals surface area contributed by atoms with Gasteiger partial charge in [-0.1, -0.05) is 0 Å². The summed E-state index contributed by atoms with van der Waals surface area (Å²) in [6.07, 6.45) is 1.57. The fraction of sp³-hybridized carbons (Fsp3) is 0.588. The van der Waals surface area contributed by atoms with Crippen LogP contribution in [0.3, 0.4) is 0 Å². The molecule has 6 nitrogen and oxygen atoms in total. The number of benzene rings is 1. The molecule has 1 aliphatic heterocycles. The Morgan fingerprint density at radius 2 is 2.09 bits per heavy atom. The van der Waals surface area contributed by atoms with Crippen molar-refractivity contribution in [2.24, 2.45) is 0 Å². The van der Waals surface area contributed by atoms with Gasteiger partial charge >= 0.3 is 6.09 Å². The van der Waals surface area contributed by atoms with Crippen molar-refractivity contribution in [3.63, 3.8) is 0 Å². The smallest absolute Gasteiger partial charge is 0.412 e. The molecule has 2 rings (SSSR count). The number of methoxy groups -OCH3 is 1. The van der Waals surface area contributed by atoms with Gasteiger partial charge in [-0.3, -0.25) is 5.32 Å². The first kappa shape index (κ1) is 17.4. The van der Waals surface area contributed by atoms with Gasteiger partial charge in [-0.15, -0.1) is 0 Å². The van der Waals surface area contributed by atoms with E-state index < -0.39 is 11.7 Å². The lowest BCUT2D eigenvalue weighted by Gasteiger charge is -2.26. The summed E-state index contributed by atoms with van der Waals surface area (Å²) in [6.45, 7) is 6.96. The average Bonchev–Trinajstić information content (AvgIpc) is 2.48. The summed E-state index contributed by atoms with van der Waals surface area (Å²) >= 11 is 0. The van der Waals surface area contributed by atoms with Crippen LogP contribution in [0.25, 0.3) is 0 Å². The van der Waals surface area contributed by atoms with Crippen molar-refractivity contribution in [3.05, 3.63) is 18.2 Å². The highest BCUT2D eigenvalue weighted by Gasteiger charge is 2.19. The van der Waals surface area contributed by atoms with Gasteiger partial charge < -0.3 is 19.5 Å². The number of hydrogen-bond acceptors (Lipinski definition) is 5. The first-order valence-electron chi connectivity index (χ1n) is 7.90. The number of carbonyl (C=O) groups is 1. The molecule has 0 bridgehead atoms. The van der Waals surface area contributed by atoms with Crippen LogP contribution in [-0.4, -0.2) is 38.1 Å². The van der Waals surface area contributed by atoms with Crippen LogP contribution in [0.15, 0.2) is 18.2 Å². The van der Waals surface area contributed by atoms with E-state index in [1.54, 1.807) is 19.2 Å². The van der Waals surface area contributed by atoms with Gasteiger partial charge in [0.1, 0.15) is 11.4 Å². The molecule has 1 aromatic carbocycles. The van der Waals surface area contributed by atoms with Crippen LogP contribution < -0.4 is 15.4 Å². The Hall–Kier alpha value is -1.95. The molecule has 0 spiro atoms. The van der Waals surface area contributed by atoms with Gasteiger partial charge in [-0.2, -0.15) is 0 Å². The van der Waals surface area contributed by atoms with E-state index in [9.17, 15) is 4.79 Å². The highest BCUT2D eigenvalue weighted by molar-refractivity contribution is 5.90. The summed E-state index contributed by atoms with van der Waals surface area (Å²) < 4.78 is 16.1. The molecule has 0 aromatic heterocycles. The monoisotopic (exact) mass is 322 g/mol. The van der Waals surface area contributed by atoms with E-state index in [4.69, 9.17) is 14.2 Å². The van der Waals surface area contributed by atoms with Crippen molar-refractivity contribution in [1.82, 2.24) is 0 Å². The van der Waals surface area contributed by atoms with Crippen molar-refractivity contribution in [3.8, 4) is 5.75 Å². The van der Waals surface area contributed by atoms with E-state index in [1.165, 1.54) is 0 Å². The van der Waals surface area contributed by atoms with Gasteiger partial charge in [0.15, 0.2) is 0 Å². The van der Waals surface area contributed by atoms with Crippen LogP contribution in [0.1, 0.15) is 33.6 Å². The third-order valence-corrected chi connectivity index (χ3v) is 3.38. The Kier molecular flexibility index (Phi) is 5.71. The topological polar surface area (TPSA) is 68.8 Å². The zero-order valence-corrected chi connectivity index (χ0v) is 14.3. The summed E-state index contributed by atoms with van der Waals surface area (Å²) in [7, 11) is 1.61. The zero-order chi connectivity index (χ0) is 16.9. The van der Waals surface area contributed by atoms with Crippen LogP contribution in [0, 0.1) is 0 Å². The molecule has 1 heterocycles. The van der Waals surface area contributed by atoms with E-state index in [2.05, 4.69) is 10.6 Å². The number of carbonyl (C=O) groups excluding carboxylic acids is 1. The molecule has 1 aromatic rings. The lowest BCUT2D eigenvalue weighted by Crippen LogP contribution is -2.31. The van der Waals surface area contributed by atoms with Crippen molar-refractivity contribution in [2.75, 3.05) is 31.0 Å². The molecule has 1 fully saturated rings. The van der Waals surface area contributed by atoms with Crippen molar-refractivity contribution < 1.29 is 19.0 Å². The Balaban J connectivity index is 2.12. The average molecular weight is 322 g/mol. The first-order chi connectivity index (χ1) is 10.9. The Morgan fingerprint density at radius 1 is 1.30 bits per heavy atom. The lowest BCUT2D eigenvalue weighted by molar-refractivity contribution is 0.0636. The summed E-state index contributed by atoms with van der Waals surface area (Å²) in [5.41, 5.74) is 0.915. The maximum absolute atomic E-state index is 12.0. The molecule has 6 heteroatoms. The zero-order valence-electron chi connectivity index (χ0n) is 14.3. The molecule has 1 aliphatic rings. The molecule has 1 saturated heterocycles. The second kappa shape index (κ2) is 7.55. The SMILES string of the molecule is COc1ccc(NC(=O)OC(C)(C)C)c(NC2CCCOC2)c1. The minimum Gasteiger partial charge on any atom is -0.497 e. The van der Waals surface area contributed by atoms with Crippen LogP contribution in [0.5, 0.6) is 5.75 Å². The second-order valence-electron chi connectivity index (χ2n) is 6.60. The van der Waals surface area contributed by atoms with Gasteiger partial charge in [0.05, 0.1) is 25.1 Å². The summed E-state index contributed by atoms with van der Waals surface area (Å²) in [6, 6.07) is 5.68. The minimum atomic E-state index is -0.540. The fourth-order valence-corrected chi connectivity index (χ4v) is 2.37. The highest BCUT2D eigenvalue weighted by Crippen LogP contribution is 2.29. The van der Waals surface area contributed by atoms with Crippen LogP contribution in [-0.2, 0) is 9.47 Å². The predicted octanol–water partition coefficient (Wildman–Crippen LogP) is 3.63. The first-order valence-corrected chi connectivity index (χ1v) is 7.90. The van der Waals surface area contributed by atoms with Crippen LogP contribution >= 0.6 is 0 Å². The summed E-state index contributed by atoms with van der Waals surface area (Å²) in [5.74, 6) is 0.721. The van der Waals surface area contributed by atoms with Gasteiger partial charge in [0.25, 0.3) is 0 Å². The number of amides is 1. The van der Waals surface area contributed by atoms with Gasteiger partial charge in [0, 0.05) is 18.7 Å². The van der Waals surface area contributed by atoms with Crippen molar-refractivity contribution in [2.45, 2.75) is 45.3 Å². The Morgan fingerprint density at radius 3 is 2.70 bits per heavy atom. The molecule has 0 radical (unpaired) electrons. The molecule has 0 saturated carbocycles. The summed E-state index contributed by atoms with van der Waals surface area (Å²) in [5, 5.41) is 6.21. The Bertz CT molecular complexity index is 534. The van der Waals surface area contributed by atoms with E-state index in [1.807, 2.05) is 26.8 Å². The molecular formula is C17H26N2O4.